The molecule has 3 amide bonds. The minimum absolute atomic E-state index is 0.197. The number of carbonyl (C=O) groups excluding carboxylic acids is 3. The van der Waals surface area contributed by atoms with Crippen LogP contribution < -0.4 is 16.1 Å². The van der Waals surface area contributed by atoms with Crippen molar-refractivity contribution in [3.63, 3.8) is 0 Å². The summed E-state index contributed by atoms with van der Waals surface area (Å²) in [7, 11) is 1.31. The zero-order valence-corrected chi connectivity index (χ0v) is 13.6. The summed E-state index contributed by atoms with van der Waals surface area (Å²) in [6.45, 7) is 0. The summed E-state index contributed by atoms with van der Waals surface area (Å²) in [5.74, 6) is 3.78. The molecule has 0 aliphatic heterocycles. The van der Waals surface area contributed by atoms with Crippen LogP contribution in [0.2, 0.25) is 0 Å². The van der Waals surface area contributed by atoms with Crippen molar-refractivity contribution < 1.29 is 24.7 Å². The topological polar surface area (TPSA) is 128 Å². The highest BCUT2D eigenvalue weighted by Crippen LogP contribution is 2.26. The van der Waals surface area contributed by atoms with Crippen molar-refractivity contribution >= 4 is 17.7 Å². The van der Waals surface area contributed by atoms with Crippen LogP contribution >= 0.6 is 0 Å². The predicted octanol–water partition coefficient (Wildman–Crippen LogP) is -0.841. The van der Waals surface area contributed by atoms with E-state index in [2.05, 4.69) is 22.5 Å². The van der Waals surface area contributed by atoms with Gasteiger partial charge < -0.3 is 15.7 Å². The first-order chi connectivity index (χ1) is 11.9. The van der Waals surface area contributed by atoms with Crippen molar-refractivity contribution in [3.8, 4) is 11.8 Å². The maximum absolute atomic E-state index is 12.1. The van der Waals surface area contributed by atoms with E-state index in [-0.39, 0.29) is 17.6 Å². The standard InChI is InChI=1S/C17H19N3O5/c1-18-16(23)14(17(24)20-25)19-15(22)12-6-4-10(5-7-12)2-3-11-8-13(21)9-11/h4-7,11,13-14,21,25H,8-9H2,1H3,(H,18,23)(H,19,22)(H,20,24). The van der Waals surface area contributed by atoms with Crippen LogP contribution in [0.4, 0.5) is 0 Å². The lowest BCUT2D eigenvalue weighted by Crippen LogP contribution is -2.54. The summed E-state index contributed by atoms with van der Waals surface area (Å²) in [5, 5.41) is 22.3. The summed E-state index contributed by atoms with van der Waals surface area (Å²) in [4.78, 5) is 35.2. The molecule has 8 heteroatoms. The third kappa shape index (κ3) is 4.79. The van der Waals surface area contributed by atoms with Crippen molar-refractivity contribution in [3.05, 3.63) is 35.4 Å². The Balaban J connectivity index is 2.01. The summed E-state index contributed by atoms with van der Waals surface area (Å²) in [6.07, 6.45) is 1.11. The Bertz CT molecular complexity index is 698. The van der Waals surface area contributed by atoms with E-state index in [0.29, 0.717) is 18.4 Å². The minimum Gasteiger partial charge on any atom is -0.393 e. The second kappa shape index (κ2) is 8.28. The molecule has 1 aliphatic rings. The molecule has 132 valence electrons. The molecule has 0 saturated heterocycles. The zero-order chi connectivity index (χ0) is 18.4. The molecule has 0 radical (unpaired) electrons. The highest BCUT2D eigenvalue weighted by atomic mass is 16.5. The number of carbonyl (C=O) groups is 3. The van der Waals surface area contributed by atoms with E-state index >= 15 is 0 Å². The van der Waals surface area contributed by atoms with Crippen LogP contribution in [0.1, 0.15) is 28.8 Å². The monoisotopic (exact) mass is 345 g/mol. The van der Waals surface area contributed by atoms with Gasteiger partial charge in [-0.05, 0) is 37.1 Å². The van der Waals surface area contributed by atoms with Crippen molar-refractivity contribution in [2.75, 3.05) is 7.05 Å². The van der Waals surface area contributed by atoms with Crippen LogP contribution in [-0.4, -0.2) is 47.2 Å². The SMILES string of the molecule is CNC(=O)C(NC(=O)c1ccc(C#CC2CC(O)C2)cc1)C(=O)NO. The van der Waals surface area contributed by atoms with Gasteiger partial charge >= 0.3 is 0 Å². The lowest BCUT2D eigenvalue weighted by atomic mass is 9.83. The fourth-order valence-electron chi connectivity index (χ4n) is 2.27. The van der Waals surface area contributed by atoms with Crippen LogP contribution in [0.3, 0.4) is 0 Å². The quantitative estimate of drug-likeness (QED) is 0.210. The number of aliphatic hydroxyl groups is 1. The number of rotatable bonds is 4. The van der Waals surface area contributed by atoms with Gasteiger partial charge in [0.25, 0.3) is 17.7 Å². The van der Waals surface area contributed by atoms with E-state index in [1.54, 1.807) is 12.1 Å². The van der Waals surface area contributed by atoms with E-state index in [1.165, 1.54) is 24.7 Å². The van der Waals surface area contributed by atoms with Gasteiger partial charge in [0, 0.05) is 24.1 Å². The number of hydrogen-bond donors (Lipinski definition) is 5. The predicted molar refractivity (Wildman–Crippen MR) is 87.3 cm³/mol. The molecule has 1 aromatic rings. The van der Waals surface area contributed by atoms with Crippen molar-refractivity contribution in [1.82, 2.24) is 16.1 Å². The molecule has 8 nitrogen and oxygen atoms in total. The number of amides is 3. The normalized spacial score (nSPS) is 19.5. The molecular weight excluding hydrogens is 326 g/mol. The fourth-order valence-corrected chi connectivity index (χ4v) is 2.27. The zero-order valence-electron chi connectivity index (χ0n) is 13.6. The molecule has 1 unspecified atom stereocenters. The Morgan fingerprint density at radius 1 is 1.16 bits per heavy atom. The summed E-state index contributed by atoms with van der Waals surface area (Å²) >= 11 is 0. The number of nitrogens with one attached hydrogen (secondary N) is 3. The second-order valence-corrected chi connectivity index (χ2v) is 5.67. The van der Waals surface area contributed by atoms with Gasteiger partial charge in [-0.25, -0.2) is 5.48 Å². The number of likely N-dealkylation sites (N-methyl/N-ethyl adjacent to an activating group) is 1. The third-order valence-electron chi connectivity index (χ3n) is 3.84. The van der Waals surface area contributed by atoms with Gasteiger partial charge in [0.05, 0.1) is 6.10 Å². The summed E-state index contributed by atoms with van der Waals surface area (Å²) in [5.41, 5.74) is 2.29. The minimum atomic E-state index is -1.55. The Hall–Kier alpha value is -2.89. The van der Waals surface area contributed by atoms with Gasteiger partial charge in [-0.1, -0.05) is 11.8 Å². The molecule has 2 rings (SSSR count). The second-order valence-electron chi connectivity index (χ2n) is 5.67. The highest BCUT2D eigenvalue weighted by Gasteiger charge is 2.28. The number of aliphatic hydroxyl groups excluding tert-OH is 1. The van der Waals surface area contributed by atoms with Crippen LogP contribution in [0.25, 0.3) is 0 Å². The summed E-state index contributed by atoms with van der Waals surface area (Å²) in [6, 6.07) is 4.79. The molecule has 0 heterocycles. The molecule has 1 atom stereocenters. The van der Waals surface area contributed by atoms with E-state index in [0.717, 1.165) is 0 Å². The van der Waals surface area contributed by atoms with Gasteiger partial charge in [0.15, 0.2) is 6.04 Å². The summed E-state index contributed by atoms with van der Waals surface area (Å²) < 4.78 is 0. The van der Waals surface area contributed by atoms with E-state index in [1.807, 2.05) is 0 Å². The van der Waals surface area contributed by atoms with Crippen LogP contribution in [0, 0.1) is 17.8 Å². The average molecular weight is 345 g/mol. The van der Waals surface area contributed by atoms with Gasteiger partial charge in [-0.3, -0.25) is 19.6 Å². The molecule has 1 aromatic carbocycles. The maximum Gasteiger partial charge on any atom is 0.275 e. The molecule has 0 spiro atoms. The molecule has 5 N–H and O–H groups in total. The molecule has 0 aromatic heterocycles. The van der Waals surface area contributed by atoms with Crippen molar-refractivity contribution in [1.29, 1.82) is 0 Å². The van der Waals surface area contributed by atoms with Gasteiger partial charge in [0.2, 0.25) is 0 Å². The molecular formula is C17H19N3O5. The van der Waals surface area contributed by atoms with Gasteiger partial charge in [-0.15, -0.1) is 0 Å². The van der Waals surface area contributed by atoms with Crippen molar-refractivity contribution in [2.24, 2.45) is 5.92 Å². The van der Waals surface area contributed by atoms with Crippen LogP contribution in [-0.2, 0) is 9.59 Å². The molecule has 25 heavy (non-hydrogen) atoms. The average Bonchev–Trinajstić information content (AvgIpc) is 2.61. The third-order valence-corrected chi connectivity index (χ3v) is 3.84. The lowest BCUT2D eigenvalue weighted by molar-refractivity contribution is -0.137. The Morgan fingerprint density at radius 2 is 1.80 bits per heavy atom. The van der Waals surface area contributed by atoms with E-state index in [4.69, 9.17) is 5.21 Å². The first-order valence-corrected chi connectivity index (χ1v) is 7.70. The molecule has 1 fully saturated rings. The Morgan fingerprint density at radius 3 is 2.32 bits per heavy atom. The van der Waals surface area contributed by atoms with Gasteiger partial charge in [-0.2, -0.15) is 0 Å². The van der Waals surface area contributed by atoms with Gasteiger partial charge in [0.1, 0.15) is 0 Å². The van der Waals surface area contributed by atoms with Crippen LogP contribution in [0.15, 0.2) is 24.3 Å². The van der Waals surface area contributed by atoms with Crippen molar-refractivity contribution in [2.45, 2.75) is 25.0 Å². The van der Waals surface area contributed by atoms with E-state index < -0.39 is 23.8 Å². The lowest BCUT2D eigenvalue weighted by Gasteiger charge is -2.26. The van der Waals surface area contributed by atoms with E-state index in [9.17, 15) is 19.5 Å². The largest absolute Gasteiger partial charge is 0.393 e. The fraction of sp³-hybridized carbons (Fsp3) is 0.353. The molecule has 1 saturated carbocycles. The first kappa shape index (κ1) is 18.4. The van der Waals surface area contributed by atoms with Crippen LogP contribution in [0.5, 0.6) is 0 Å². The number of benzene rings is 1. The molecule has 1 aliphatic carbocycles. The first-order valence-electron chi connectivity index (χ1n) is 7.70. The Labute approximate surface area is 144 Å². The number of hydrogen-bond acceptors (Lipinski definition) is 5. The molecule has 0 bridgehead atoms. The Kier molecular flexibility index (Phi) is 6.11. The maximum atomic E-state index is 12.1. The number of hydroxylamine groups is 1. The smallest absolute Gasteiger partial charge is 0.275 e. The highest BCUT2D eigenvalue weighted by molar-refractivity contribution is 6.08.